The van der Waals surface area contributed by atoms with Crippen LogP contribution < -0.4 is 14.8 Å². The fourth-order valence-electron chi connectivity index (χ4n) is 3.29. The average molecular weight is 516 g/mol. The zero-order chi connectivity index (χ0) is 24.1. The number of aryl methyl sites for hydroxylation is 1. The van der Waals surface area contributed by atoms with Gasteiger partial charge in [0.2, 0.25) is 0 Å². The number of ether oxygens (including phenoxy) is 2. The summed E-state index contributed by atoms with van der Waals surface area (Å²) in [6.07, 6.45) is 0. The molecule has 0 saturated carbocycles. The predicted molar refractivity (Wildman–Crippen MR) is 136 cm³/mol. The van der Waals surface area contributed by atoms with Crippen molar-refractivity contribution < 1.29 is 18.8 Å². The Kier molecular flexibility index (Phi) is 7.77. The Morgan fingerprint density at radius 1 is 1.15 bits per heavy atom. The van der Waals surface area contributed by atoms with Crippen LogP contribution >= 0.6 is 34.7 Å². The Bertz CT molecular complexity index is 1280. The lowest BCUT2D eigenvalue weighted by atomic mass is 10.1. The number of halogens is 1. The quantitative estimate of drug-likeness (QED) is 0.273. The number of carbonyl (C=O) groups excluding carboxylic acids is 1. The first-order valence-electron chi connectivity index (χ1n) is 10.2. The summed E-state index contributed by atoms with van der Waals surface area (Å²) in [5.74, 6) is 3.05. The Morgan fingerprint density at radius 2 is 1.88 bits per heavy atom. The molecule has 4 aromatic rings. The molecule has 2 aromatic heterocycles. The molecule has 0 bridgehead atoms. The molecule has 0 fully saturated rings. The number of thioether (sulfide) groups is 1. The van der Waals surface area contributed by atoms with E-state index in [1.54, 1.807) is 45.0 Å². The standard InChI is InChI=1S/C24H22ClN3O4S2/c1-14-21(22(28-32-14)19-6-4-5-7-20(19)25)23(29)27-24-26-16(13-34-24)12-33-11-15-8-17(30-2)10-18(9-15)31-3/h4-10,13H,11-12H2,1-3H3,(H,26,27,29). The van der Waals surface area contributed by atoms with Gasteiger partial charge in [-0.15, -0.1) is 11.3 Å². The molecule has 0 radical (unpaired) electrons. The maximum absolute atomic E-state index is 13.0. The van der Waals surface area contributed by atoms with Crippen molar-refractivity contribution in [1.29, 1.82) is 0 Å². The van der Waals surface area contributed by atoms with Gasteiger partial charge in [0.15, 0.2) is 5.13 Å². The minimum Gasteiger partial charge on any atom is -0.497 e. The van der Waals surface area contributed by atoms with Gasteiger partial charge in [0.25, 0.3) is 5.91 Å². The summed E-state index contributed by atoms with van der Waals surface area (Å²) in [5.41, 5.74) is 3.36. The third kappa shape index (κ3) is 5.55. The molecule has 2 aromatic carbocycles. The van der Waals surface area contributed by atoms with E-state index in [9.17, 15) is 4.79 Å². The van der Waals surface area contributed by atoms with E-state index in [0.29, 0.717) is 38.5 Å². The van der Waals surface area contributed by atoms with Crippen molar-refractivity contribution >= 4 is 45.7 Å². The maximum atomic E-state index is 13.0. The molecule has 0 atom stereocenters. The van der Waals surface area contributed by atoms with E-state index in [2.05, 4.69) is 15.5 Å². The second-order valence-corrected chi connectivity index (χ2v) is 9.50. The van der Waals surface area contributed by atoms with Gasteiger partial charge in [-0.3, -0.25) is 10.1 Å². The molecule has 0 spiro atoms. The lowest BCUT2D eigenvalue weighted by Gasteiger charge is -2.08. The second kappa shape index (κ2) is 10.9. The van der Waals surface area contributed by atoms with Crippen LogP contribution in [0.5, 0.6) is 11.5 Å². The van der Waals surface area contributed by atoms with Crippen LogP contribution in [0, 0.1) is 6.92 Å². The third-order valence-corrected chi connectivity index (χ3v) is 7.09. The summed E-state index contributed by atoms with van der Waals surface area (Å²) in [6, 6.07) is 13.0. The molecule has 176 valence electrons. The Hall–Kier alpha value is -3.01. The average Bonchev–Trinajstić information content (AvgIpc) is 3.45. The lowest BCUT2D eigenvalue weighted by Crippen LogP contribution is -2.13. The topological polar surface area (TPSA) is 86.5 Å². The van der Waals surface area contributed by atoms with Crippen molar-refractivity contribution in [1.82, 2.24) is 10.1 Å². The highest BCUT2D eigenvalue weighted by atomic mass is 35.5. The number of amides is 1. The van der Waals surface area contributed by atoms with Gasteiger partial charge < -0.3 is 14.0 Å². The predicted octanol–water partition coefficient (Wildman–Crippen LogP) is 6.46. The van der Waals surface area contributed by atoms with Gasteiger partial charge in [0.1, 0.15) is 28.5 Å². The molecule has 10 heteroatoms. The van der Waals surface area contributed by atoms with Gasteiger partial charge in [0.05, 0.1) is 24.9 Å². The van der Waals surface area contributed by atoms with E-state index in [1.807, 2.05) is 35.7 Å². The van der Waals surface area contributed by atoms with Crippen LogP contribution in [0.4, 0.5) is 5.13 Å². The van der Waals surface area contributed by atoms with Crippen molar-refractivity contribution in [3.8, 4) is 22.8 Å². The number of rotatable bonds is 9. The number of benzene rings is 2. The van der Waals surface area contributed by atoms with Gasteiger partial charge >= 0.3 is 0 Å². The number of nitrogens with one attached hydrogen (secondary N) is 1. The van der Waals surface area contributed by atoms with E-state index >= 15 is 0 Å². The molecule has 0 saturated heterocycles. The van der Waals surface area contributed by atoms with Crippen LogP contribution in [0.1, 0.15) is 27.4 Å². The van der Waals surface area contributed by atoms with E-state index in [0.717, 1.165) is 28.5 Å². The molecule has 0 aliphatic rings. The summed E-state index contributed by atoms with van der Waals surface area (Å²) in [7, 11) is 3.27. The first kappa shape index (κ1) is 24.1. The highest BCUT2D eigenvalue weighted by Gasteiger charge is 2.23. The van der Waals surface area contributed by atoms with Crippen LogP contribution in [0.15, 0.2) is 52.4 Å². The van der Waals surface area contributed by atoms with E-state index in [4.69, 9.17) is 25.6 Å². The molecule has 0 aliphatic heterocycles. The smallest absolute Gasteiger partial charge is 0.263 e. The largest absolute Gasteiger partial charge is 0.497 e. The number of hydrogen-bond acceptors (Lipinski definition) is 8. The third-order valence-electron chi connectivity index (χ3n) is 4.92. The fourth-order valence-corrected chi connectivity index (χ4v) is 5.19. The summed E-state index contributed by atoms with van der Waals surface area (Å²) in [6.45, 7) is 1.69. The molecule has 1 amide bonds. The molecule has 2 heterocycles. The number of aromatic nitrogens is 2. The molecule has 7 nitrogen and oxygen atoms in total. The van der Waals surface area contributed by atoms with Crippen LogP contribution in [-0.4, -0.2) is 30.3 Å². The van der Waals surface area contributed by atoms with E-state index in [1.165, 1.54) is 11.3 Å². The minimum absolute atomic E-state index is 0.339. The number of carbonyl (C=O) groups is 1. The zero-order valence-electron chi connectivity index (χ0n) is 18.8. The Balaban J connectivity index is 1.40. The maximum Gasteiger partial charge on any atom is 0.263 e. The van der Waals surface area contributed by atoms with Gasteiger partial charge in [0, 0.05) is 28.5 Å². The number of anilines is 1. The van der Waals surface area contributed by atoms with Gasteiger partial charge in [-0.05, 0) is 30.7 Å². The van der Waals surface area contributed by atoms with Crippen molar-refractivity contribution in [2.24, 2.45) is 0 Å². The van der Waals surface area contributed by atoms with Gasteiger partial charge in [-0.25, -0.2) is 4.98 Å². The molecular formula is C24H22ClN3O4S2. The molecule has 4 rings (SSSR count). The summed E-state index contributed by atoms with van der Waals surface area (Å²) in [4.78, 5) is 17.6. The van der Waals surface area contributed by atoms with Crippen LogP contribution in [0.2, 0.25) is 5.02 Å². The van der Waals surface area contributed by atoms with Crippen molar-refractivity contribution in [3.05, 3.63) is 75.4 Å². The first-order chi connectivity index (χ1) is 16.5. The van der Waals surface area contributed by atoms with Crippen LogP contribution in [-0.2, 0) is 11.5 Å². The highest BCUT2D eigenvalue weighted by molar-refractivity contribution is 7.97. The van der Waals surface area contributed by atoms with Crippen molar-refractivity contribution in [2.45, 2.75) is 18.4 Å². The normalized spacial score (nSPS) is 10.8. The number of nitrogens with zero attached hydrogens (tertiary/aromatic N) is 2. The summed E-state index contributed by atoms with van der Waals surface area (Å²) >= 11 is 9.38. The lowest BCUT2D eigenvalue weighted by molar-refractivity contribution is 0.102. The van der Waals surface area contributed by atoms with E-state index < -0.39 is 0 Å². The molecule has 1 N–H and O–H groups in total. The molecular weight excluding hydrogens is 494 g/mol. The highest BCUT2D eigenvalue weighted by Crippen LogP contribution is 2.32. The number of thiazole rings is 1. The van der Waals surface area contributed by atoms with Gasteiger partial charge in [-0.1, -0.05) is 35.0 Å². The summed E-state index contributed by atoms with van der Waals surface area (Å²) < 4.78 is 15.9. The number of methoxy groups -OCH3 is 2. The van der Waals surface area contributed by atoms with E-state index in [-0.39, 0.29) is 5.91 Å². The minimum atomic E-state index is -0.342. The molecule has 34 heavy (non-hydrogen) atoms. The fraction of sp³-hybridized carbons (Fsp3) is 0.208. The monoisotopic (exact) mass is 515 g/mol. The number of hydrogen-bond donors (Lipinski definition) is 1. The zero-order valence-corrected chi connectivity index (χ0v) is 21.1. The van der Waals surface area contributed by atoms with Crippen LogP contribution in [0.25, 0.3) is 11.3 Å². The summed E-state index contributed by atoms with van der Waals surface area (Å²) in [5, 5.41) is 9.84. The first-order valence-corrected chi connectivity index (χ1v) is 12.7. The molecule has 0 aliphatic carbocycles. The van der Waals surface area contributed by atoms with Crippen molar-refractivity contribution in [2.75, 3.05) is 19.5 Å². The van der Waals surface area contributed by atoms with Crippen molar-refractivity contribution in [3.63, 3.8) is 0 Å². The van der Waals surface area contributed by atoms with Gasteiger partial charge in [-0.2, -0.15) is 11.8 Å². The Labute approximate surface area is 210 Å². The SMILES string of the molecule is COc1cc(CSCc2csc(NC(=O)c3c(-c4ccccc4Cl)noc3C)n2)cc(OC)c1. The molecule has 0 unspecified atom stereocenters. The van der Waals surface area contributed by atoms with Crippen LogP contribution in [0.3, 0.4) is 0 Å². The Morgan fingerprint density at radius 3 is 2.59 bits per heavy atom. The second-order valence-electron chi connectivity index (χ2n) is 7.25.